The Morgan fingerprint density at radius 3 is 2.54 bits per heavy atom. The lowest BCUT2D eigenvalue weighted by molar-refractivity contribution is -0.0764. The number of halogens is 2. The predicted molar refractivity (Wildman–Crippen MR) is 50.1 cm³/mol. The molecule has 0 saturated carbocycles. The molecule has 0 amide bonds. The lowest BCUT2D eigenvalue weighted by atomic mass is 9.98. The number of alkyl halides is 2. The second kappa shape index (κ2) is 3.91. The molecule has 1 aliphatic rings. The largest absolute Gasteiger partial charge is 0.300 e. The monoisotopic (exact) mass is 191 g/mol. The second-order valence-corrected chi connectivity index (χ2v) is 4.55. The Hall–Kier alpha value is -0.180. The maximum absolute atomic E-state index is 12.9. The highest BCUT2D eigenvalue weighted by Gasteiger charge is 2.38. The number of hydrogen-bond donors (Lipinski definition) is 0. The van der Waals surface area contributed by atoms with Gasteiger partial charge < -0.3 is 0 Å². The first kappa shape index (κ1) is 10.9. The Morgan fingerprint density at radius 1 is 1.46 bits per heavy atom. The average molecular weight is 191 g/mol. The molecule has 1 rings (SSSR count). The fourth-order valence-electron chi connectivity index (χ4n) is 1.93. The van der Waals surface area contributed by atoms with Crippen LogP contribution < -0.4 is 0 Å². The van der Waals surface area contributed by atoms with Gasteiger partial charge in [-0.05, 0) is 12.8 Å². The summed E-state index contributed by atoms with van der Waals surface area (Å²) in [5.74, 6) is -1.86. The van der Waals surface area contributed by atoms with E-state index in [1.54, 1.807) is 0 Å². The number of piperidine rings is 1. The third kappa shape index (κ3) is 3.22. The molecule has 1 atom stereocenters. The van der Waals surface area contributed by atoms with Gasteiger partial charge in [-0.15, -0.1) is 0 Å². The number of nitrogens with zero attached hydrogens (tertiary/aromatic N) is 1. The van der Waals surface area contributed by atoms with Crippen molar-refractivity contribution in [3.63, 3.8) is 0 Å². The highest BCUT2D eigenvalue weighted by Crippen LogP contribution is 2.31. The molecule has 0 aromatic rings. The Balaban J connectivity index is 2.44. The van der Waals surface area contributed by atoms with Crippen molar-refractivity contribution in [3.05, 3.63) is 0 Å². The first-order valence-corrected chi connectivity index (χ1v) is 5.02. The first-order chi connectivity index (χ1) is 5.91. The van der Waals surface area contributed by atoms with Crippen LogP contribution in [0.25, 0.3) is 0 Å². The molecule has 3 heteroatoms. The van der Waals surface area contributed by atoms with Crippen molar-refractivity contribution < 1.29 is 8.78 Å². The third-order valence-corrected chi connectivity index (χ3v) is 2.58. The fourth-order valence-corrected chi connectivity index (χ4v) is 1.93. The van der Waals surface area contributed by atoms with Crippen molar-refractivity contribution in [1.82, 2.24) is 4.90 Å². The molecule has 0 spiro atoms. The van der Waals surface area contributed by atoms with Gasteiger partial charge in [0, 0.05) is 32.0 Å². The van der Waals surface area contributed by atoms with E-state index < -0.39 is 5.92 Å². The van der Waals surface area contributed by atoms with Crippen molar-refractivity contribution in [2.45, 2.75) is 45.6 Å². The van der Waals surface area contributed by atoms with Crippen molar-refractivity contribution in [3.8, 4) is 0 Å². The van der Waals surface area contributed by atoms with E-state index in [0.717, 1.165) is 6.54 Å². The van der Waals surface area contributed by atoms with Gasteiger partial charge in [-0.3, -0.25) is 4.90 Å². The van der Waals surface area contributed by atoms with Gasteiger partial charge in [0.2, 0.25) is 0 Å². The zero-order chi connectivity index (χ0) is 10.1. The molecule has 1 saturated heterocycles. The summed E-state index contributed by atoms with van der Waals surface area (Å²) < 4.78 is 25.9. The van der Waals surface area contributed by atoms with Crippen molar-refractivity contribution in [1.29, 1.82) is 0 Å². The lowest BCUT2D eigenvalue weighted by Crippen LogP contribution is -2.46. The minimum Gasteiger partial charge on any atom is -0.300 e. The van der Waals surface area contributed by atoms with Crippen molar-refractivity contribution >= 4 is 0 Å². The van der Waals surface area contributed by atoms with Gasteiger partial charge in [-0.25, -0.2) is 8.78 Å². The Morgan fingerprint density at radius 2 is 2.08 bits per heavy atom. The maximum Gasteiger partial charge on any atom is 0.250 e. The summed E-state index contributed by atoms with van der Waals surface area (Å²) >= 11 is 0. The summed E-state index contributed by atoms with van der Waals surface area (Å²) in [7, 11) is 0. The second-order valence-electron chi connectivity index (χ2n) is 4.55. The molecule has 0 N–H and O–H groups in total. The SMILES string of the molecule is CC(C)CN1CCC(F)(F)CC1C. The van der Waals surface area contributed by atoms with Crippen molar-refractivity contribution in [2.75, 3.05) is 13.1 Å². The zero-order valence-electron chi connectivity index (χ0n) is 8.69. The molecule has 1 nitrogen and oxygen atoms in total. The molecule has 0 radical (unpaired) electrons. The van der Waals surface area contributed by atoms with E-state index in [-0.39, 0.29) is 18.9 Å². The van der Waals surface area contributed by atoms with Gasteiger partial charge in [0.1, 0.15) is 0 Å². The zero-order valence-corrected chi connectivity index (χ0v) is 8.69. The average Bonchev–Trinajstić information content (AvgIpc) is 1.93. The Bertz CT molecular complexity index is 168. The van der Waals surface area contributed by atoms with Gasteiger partial charge >= 0.3 is 0 Å². The van der Waals surface area contributed by atoms with E-state index in [9.17, 15) is 8.78 Å². The molecule has 0 aromatic carbocycles. The van der Waals surface area contributed by atoms with E-state index in [2.05, 4.69) is 18.7 Å². The van der Waals surface area contributed by atoms with Crippen LogP contribution in [0.1, 0.15) is 33.6 Å². The topological polar surface area (TPSA) is 3.24 Å². The summed E-state index contributed by atoms with van der Waals surface area (Å²) in [6.45, 7) is 7.64. The van der Waals surface area contributed by atoms with E-state index in [1.807, 2.05) is 6.92 Å². The van der Waals surface area contributed by atoms with Gasteiger partial charge in [0.15, 0.2) is 0 Å². The molecule has 1 aliphatic heterocycles. The van der Waals surface area contributed by atoms with Gasteiger partial charge in [0.05, 0.1) is 0 Å². The molecule has 1 fully saturated rings. The molecule has 1 unspecified atom stereocenters. The van der Waals surface area contributed by atoms with E-state index in [1.165, 1.54) is 0 Å². The molecular formula is C10H19F2N. The maximum atomic E-state index is 12.9. The number of likely N-dealkylation sites (tertiary alicyclic amines) is 1. The van der Waals surface area contributed by atoms with Gasteiger partial charge in [-0.1, -0.05) is 13.8 Å². The van der Waals surface area contributed by atoms with Crippen LogP contribution in [-0.2, 0) is 0 Å². The van der Waals surface area contributed by atoms with E-state index in [0.29, 0.717) is 12.5 Å². The quantitative estimate of drug-likeness (QED) is 0.648. The summed E-state index contributed by atoms with van der Waals surface area (Å²) in [6.07, 6.45) is 0.0593. The van der Waals surface area contributed by atoms with Gasteiger partial charge in [-0.2, -0.15) is 0 Å². The standard InChI is InChI=1S/C10H19F2N/c1-8(2)7-13-5-4-10(11,12)6-9(13)3/h8-9H,4-7H2,1-3H3. The molecule has 0 bridgehead atoms. The van der Waals surface area contributed by atoms with Crippen molar-refractivity contribution in [2.24, 2.45) is 5.92 Å². The molecule has 0 aliphatic carbocycles. The van der Waals surface area contributed by atoms with E-state index in [4.69, 9.17) is 0 Å². The van der Waals surface area contributed by atoms with Crippen LogP contribution in [0.2, 0.25) is 0 Å². The Labute approximate surface area is 79.1 Å². The number of hydrogen-bond acceptors (Lipinski definition) is 1. The van der Waals surface area contributed by atoms with Crippen LogP contribution in [0, 0.1) is 5.92 Å². The predicted octanol–water partition coefficient (Wildman–Crippen LogP) is 2.76. The fraction of sp³-hybridized carbons (Fsp3) is 1.00. The van der Waals surface area contributed by atoms with E-state index >= 15 is 0 Å². The van der Waals surface area contributed by atoms with Crippen LogP contribution in [0.3, 0.4) is 0 Å². The first-order valence-electron chi connectivity index (χ1n) is 5.02. The molecule has 13 heavy (non-hydrogen) atoms. The van der Waals surface area contributed by atoms with Gasteiger partial charge in [0.25, 0.3) is 5.92 Å². The summed E-state index contributed by atoms with van der Waals surface area (Å²) in [4.78, 5) is 2.17. The lowest BCUT2D eigenvalue weighted by Gasteiger charge is -2.38. The summed E-state index contributed by atoms with van der Waals surface area (Å²) in [6, 6.07) is 0.0335. The smallest absolute Gasteiger partial charge is 0.250 e. The van der Waals surface area contributed by atoms with Crippen LogP contribution in [0.4, 0.5) is 8.78 Å². The van der Waals surface area contributed by atoms with Crippen LogP contribution >= 0.6 is 0 Å². The van der Waals surface area contributed by atoms with Crippen LogP contribution in [-0.4, -0.2) is 30.0 Å². The summed E-state index contributed by atoms with van der Waals surface area (Å²) in [5, 5.41) is 0. The third-order valence-electron chi connectivity index (χ3n) is 2.58. The minimum atomic E-state index is -2.42. The molecule has 78 valence electrons. The minimum absolute atomic E-state index is 0.0275. The highest BCUT2D eigenvalue weighted by atomic mass is 19.3. The van der Waals surface area contributed by atoms with Crippen LogP contribution in [0.5, 0.6) is 0 Å². The Kier molecular flexibility index (Phi) is 3.28. The highest BCUT2D eigenvalue weighted by molar-refractivity contribution is 4.83. The summed E-state index contributed by atoms with van der Waals surface area (Å²) in [5.41, 5.74) is 0. The molecular weight excluding hydrogens is 172 g/mol. The normalized spacial score (nSPS) is 29.5. The number of rotatable bonds is 2. The molecule has 0 aromatic heterocycles. The van der Waals surface area contributed by atoms with Crippen LogP contribution in [0.15, 0.2) is 0 Å². The molecule has 1 heterocycles.